The van der Waals surface area contributed by atoms with Crippen LogP contribution in [0.2, 0.25) is 0 Å². The zero-order valence-electron chi connectivity index (χ0n) is 12.5. The number of aromatic nitrogens is 1. The third kappa shape index (κ3) is 5.22. The summed E-state index contributed by atoms with van der Waals surface area (Å²) in [6, 6.07) is 2.79. The summed E-state index contributed by atoms with van der Waals surface area (Å²) < 4.78 is 36.5. The molecule has 1 atom stereocenters. The van der Waals surface area contributed by atoms with Crippen LogP contribution >= 0.6 is 0 Å². The minimum absolute atomic E-state index is 0.215. The van der Waals surface area contributed by atoms with Crippen molar-refractivity contribution in [2.75, 3.05) is 13.1 Å². The van der Waals surface area contributed by atoms with Crippen LogP contribution < -0.4 is 5.32 Å². The number of alkyl halides is 3. The Hall–Kier alpha value is -2.12. The van der Waals surface area contributed by atoms with Gasteiger partial charge in [0, 0.05) is 25.4 Å². The molecule has 1 fully saturated rings. The van der Waals surface area contributed by atoms with Gasteiger partial charge in [0.2, 0.25) is 11.8 Å². The van der Waals surface area contributed by atoms with E-state index >= 15 is 0 Å². The molecule has 1 aliphatic rings. The molecule has 23 heavy (non-hydrogen) atoms. The molecular formula is C15H18F3N3O2. The number of rotatable bonds is 5. The number of hydrogen-bond acceptors (Lipinski definition) is 3. The van der Waals surface area contributed by atoms with Crippen molar-refractivity contribution in [1.82, 2.24) is 15.2 Å². The van der Waals surface area contributed by atoms with Crippen molar-refractivity contribution in [2.24, 2.45) is 0 Å². The average molecular weight is 329 g/mol. The highest BCUT2D eigenvalue weighted by molar-refractivity contribution is 5.88. The first-order valence-corrected chi connectivity index (χ1v) is 7.39. The molecule has 1 saturated heterocycles. The Kier molecular flexibility index (Phi) is 5.57. The van der Waals surface area contributed by atoms with Crippen molar-refractivity contribution < 1.29 is 22.8 Å². The molecule has 0 aliphatic carbocycles. The van der Waals surface area contributed by atoms with E-state index in [4.69, 9.17) is 0 Å². The zero-order chi connectivity index (χ0) is 16.9. The molecule has 2 rings (SSSR count). The molecule has 8 heteroatoms. The molecule has 0 radical (unpaired) electrons. The molecule has 1 N–H and O–H groups in total. The highest BCUT2D eigenvalue weighted by atomic mass is 19.4. The fraction of sp³-hybridized carbons (Fsp3) is 0.533. The number of pyridine rings is 1. The van der Waals surface area contributed by atoms with E-state index in [1.165, 1.54) is 4.90 Å². The van der Waals surface area contributed by atoms with Gasteiger partial charge in [-0.1, -0.05) is 0 Å². The van der Waals surface area contributed by atoms with Crippen molar-refractivity contribution in [1.29, 1.82) is 0 Å². The quantitative estimate of drug-likeness (QED) is 0.894. The van der Waals surface area contributed by atoms with Crippen LogP contribution in [-0.4, -0.2) is 47.0 Å². The Labute approximate surface area is 131 Å². The van der Waals surface area contributed by atoms with Crippen LogP contribution in [0.25, 0.3) is 0 Å². The second-order valence-electron chi connectivity index (χ2n) is 5.43. The van der Waals surface area contributed by atoms with E-state index < -0.39 is 24.7 Å². The molecule has 2 amide bonds. The van der Waals surface area contributed by atoms with Crippen molar-refractivity contribution in [3.8, 4) is 0 Å². The lowest BCUT2D eigenvalue weighted by Gasteiger charge is -2.24. The van der Waals surface area contributed by atoms with E-state index in [9.17, 15) is 22.8 Å². The van der Waals surface area contributed by atoms with Crippen LogP contribution in [0.5, 0.6) is 0 Å². The van der Waals surface area contributed by atoms with Gasteiger partial charge in [-0.2, -0.15) is 13.2 Å². The van der Waals surface area contributed by atoms with Crippen LogP contribution in [0, 0.1) is 0 Å². The maximum atomic E-state index is 12.2. The topological polar surface area (TPSA) is 62.3 Å². The van der Waals surface area contributed by atoms with Crippen LogP contribution in [-0.2, 0) is 16.0 Å². The number of carbonyl (C=O) groups excluding carboxylic acids is 2. The summed E-state index contributed by atoms with van der Waals surface area (Å²) in [5.74, 6) is -0.955. The number of halogens is 3. The lowest BCUT2D eigenvalue weighted by molar-refractivity contribution is -0.144. The van der Waals surface area contributed by atoms with Crippen LogP contribution in [0.3, 0.4) is 0 Å². The summed E-state index contributed by atoms with van der Waals surface area (Å²) >= 11 is 0. The van der Waals surface area contributed by atoms with Crippen molar-refractivity contribution >= 4 is 11.8 Å². The number of likely N-dealkylation sites (tertiary alicyclic amines) is 1. The molecule has 2 heterocycles. The maximum Gasteiger partial charge on any atom is 0.405 e. The van der Waals surface area contributed by atoms with E-state index in [-0.39, 0.29) is 12.3 Å². The summed E-state index contributed by atoms with van der Waals surface area (Å²) in [5, 5.41) is 1.86. The van der Waals surface area contributed by atoms with E-state index in [1.54, 1.807) is 24.5 Å². The van der Waals surface area contributed by atoms with Gasteiger partial charge < -0.3 is 10.2 Å². The second-order valence-corrected chi connectivity index (χ2v) is 5.43. The Morgan fingerprint density at radius 3 is 2.65 bits per heavy atom. The van der Waals surface area contributed by atoms with Crippen LogP contribution in [0.1, 0.15) is 24.8 Å². The van der Waals surface area contributed by atoms with E-state index in [2.05, 4.69) is 4.98 Å². The van der Waals surface area contributed by atoms with Gasteiger partial charge in [-0.05, 0) is 37.0 Å². The van der Waals surface area contributed by atoms with Crippen LogP contribution in [0.4, 0.5) is 13.2 Å². The Morgan fingerprint density at radius 1 is 1.30 bits per heavy atom. The van der Waals surface area contributed by atoms with Crippen molar-refractivity contribution in [3.63, 3.8) is 0 Å². The minimum atomic E-state index is -4.45. The van der Waals surface area contributed by atoms with E-state index in [1.807, 2.05) is 5.32 Å². The highest BCUT2D eigenvalue weighted by Crippen LogP contribution is 2.20. The lowest BCUT2D eigenvalue weighted by Crippen LogP contribution is -2.48. The van der Waals surface area contributed by atoms with E-state index in [0.717, 1.165) is 5.56 Å². The molecule has 126 valence electrons. The lowest BCUT2D eigenvalue weighted by atomic mass is 10.1. The Morgan fingerprint density at radius 2 is 2.00 bits per heavy atom. The van der Waals surface area contributed by atoms with Gasteiger partial charge in [0.15, 0.2) is 0 Å². The smallest absolute Gasteiger partial charge is 0.345 e. The summed E-state index contributed by atoms with van der Waals surface area (Å²) in [6.45, 7) is -0.972. The van der Waals surface area contributed by atoms with Gasteiger partial charge in [-0.25, -0.2) is 0 Å². The van der Waals surface area contributed by atoms with E-state index in [0.29, 0.717) is 25.8 Å². The highest BCUT2D eigenvalue weighted by Gasteiger charge is 2.35. The zero-order valence-corrected chi connectivity index (χ0v) is 12.5. The van der Waals surface area contributed by atoms with Gasteiger partial charge in [-0.3, -0.25) is 14.6 Å². The SMILES string of the molecule is O=C(NCC(F)(F)F)C1CCCN1C(=O)CCc1ccncc1. The standard InChI is InChI=1S/C15H18F3N3O2/c16-15(17,18)10-20-14(23)12-2-1-9-21(12)13(22)4-3-11-5-7-19-8-6-11/h5-8,12H,1-4,9-10H2,(H,20,23). The first kappa shape index (κ1) is 17.2. The number of aryl methyl sites for hydroxylation is 1. The number of nitrogens with one attached hydrogen (secondary N) is 1. The molecule has 1 unspecified atom stereocenters. The molecule has 0 spiro atoms. The number of carbonyl (C=O) groups is 2. The number of amides is 2. The summed E-state index contributed by atoms with van der Waals surface area (Å²) in [4.78, 5) is 29.4. The van der Waals surface area contributed by atoms with Gasteiger partial charge in [0.1, 0.15) is 12.6 Å². The third-order valence-corrected chi connectivity index (χ3v) is 3.72. The summed E-state index contributed by atoms with van der Waals surface area (Å²) in [7, 11) is 0. The van der Waals surface area contributed by atoms with Gasteiger partial charge in [0.25, 0.3) is 0 Å². The van der Waals surface area contributed by atoms with Gasteiger partial charge in [0.05, 0.1) is 0 Å². The fourth-order valence-electron chi connectivity index (χ4n) is 2.59. The minimum Gasteiger partial charge on any atom is -0.345 e. The third-order valence-electron chi connectivity index (χ3n) is 3.72. The average Bonchev–Trinajstić information content (AvgIpc) is 3.00. The number of nitrogens with zero attached hydrogens (tertiary/aromatic N) is 2. The summed E-state index contributed by atoms with van der Waals surface area (Å²) in [6.07, 6.45) is 0.536. The number of hydrogen-bond donors (Lipinski definition) is 1. The largest absolute Gasteiger partial charge is 0.405 e. The molecular weight excluding hydrogens is 311 g/mol. The van der Waals surface area contributed by atoms with Gasteiger partial charge >= 0.3 is 6.18 Å². The first-order chi connectivity index (χ1) is 10.9. The van der Waals surface area contributed by atoms with Gasteiger partial charge in [-0.15, -0.1) is 0 Å². The molecule has 0 saturated carbocycles. The predicted molar refractivity (Wildman–Crippen MR) is 76.4 cm³/mol. The van der Waals surface area contributed by atoms with Crippen molar-refractivity contribution in [2.45, 2.75) is 37.9 Å². The Balaban J connectivity index is 1.87. The molecule has 1 aromatic rings. The molecule has 0 aromatic carbocycles. The fourth-order valence-corrected chi connectivity index (χ4v) is 2.59. The molecule has 0 bridgehead atoms. The van der Waals surface area contributed by atoms with Crippen molar-refractivity contribution in [3.05, 3.63) is 30.1 Å². The first-order valence-electron chi connectivity index (χ1n) is 7.39. The maximum absolute atomic E-state index is 12.2. The molecule has 1 aromatic heterocycles. The predicted octanol–water partition coefficient (Wildman–Crippen LogP) is 1.68. The monoisotopic (exact) mass is 329 g/mol. The normalized spacial score (nSPS) is 18.0. The second kappa shape index (κ2) is 7.43. The Bertz CT molecular complexity index is 549. The van der Waals surface area contributed by atoms with Crippen LogP contribution in [0.15, 0.2) is 24.5 Å². The molecule has 5 nitrogen and oxygen atoms in total. The summed E-state index contributed by atoms with van der Waals surface area (Å²) in [5.41, 5.74) is 0.950. The molecule has 1 aliphatic heterocycles.